The second-order valence-corrected chi connectivity index (χ2v) is 12.8. The summed E-state index contributed by atoms with van der Waals surface area (Å²) in [6.07, 6.45) is 5.61. The predicted octanol–water partition coefficient (Wildman–Crippen LogP) is 3.44. The van der Waals surface area contributed by atoms with Crippen molar-refractivity contribution in [1.29, 1.82) is 0 Å². The third-order valence-electron chi connectivity index (χ3n) is 8.69. The van der Waals surface area contributed by atoms with Gasteiger partial charge < -0.3 is 10.4 Å². The smallest absolute Gasteiger partial charge is 0.218 e. The summed E-state index contributed by atoms with van der Waals surface area (Å²) >= 11 is 0. The van der Waals surface area contributed by atoms with E-state index in [4.69, 9.17) is 0 Å². The van der Waals surface area contributed by atoms with Crippen LogP contribution in [0.1, 0.15) is 42.4 Å². The zero-order valence-corrected chi connectivity index (χ0v) is 22.4. The Hall–Kier alpha value is -2.03. The minimum absolute atomic E-state index is 0.0101. The Kier molecular flexibility index (Phi) is 7.39. The fourth-order valence-corrected chi connectivity index (χ4v) is 8.52. The van der Waals surface area contributed by atoms with Gasteiger partial charge in [0.2, 0.25) is 10.0 Å². The average Bonchev–Trinajstić information content (AvgIpc) is 2.85. The normalized spacial score (nSPS) is 30.6. The molecule has 2 saturated heterocycles. The van der Waals surface area contributed by atoms with E-state index >= 15 is 0 Å². The van der Waals surface area contributed by atoms with Crippen molar-refractivity contribution in [3.8, 4) is 11.1 Å². The summed E-state index contributed by atoms with van der Waals surface area (Å²) in [5.74, 6) is 0.0914. The average molecular weight is 510 g/mol. The number of fused-ring (bicyclic) bond motifs is 1. The molecular weight excluding hydrogens is 470 g/mol. The lowest BCUT2D eigenvalue weighted by Crippen LogP contribution is -2.68. The van der Waals surface area contributed by atoms with Crippen LogP contribution >= 0.6 is 0 Å². The Morgan fingerprint density at radius 2 is 1.81 bits per heavy atom. The first-order valence-corrected chi connectivity index (χ1v) is 14.7. The summed E-state index contributed by atoms with van der Waals surface area (Å²) in [6.45, 7) is 8.82. The molecule has 0 aromatic heterocycles. The highest BCUT2D eigenvalue weighted by atomic mass is 32.2. The van der Waals surface area contributed by atoms with Gasteiger partial charge in [-0.25, -0.2) is 8.42 Å². The molecule has 0 radical (unpaired) electrons. The minimum atomic E-state index is -3.45. The number of aliphatic hydroxyl groups is 1. The zero-order chi connectivity index (χ0) is 25.4. The van der Waals surface area contributed by atoms with E-state index in [1.165, 1.54) is 27.8 Å². The Balaban J connectivity index is 1.42. The van der Waals surface area contributed by atoms with Gasteiger partial charge in [-0.05, 0) is 68.0 Å². The number of nitrogens with zero attached hydrogens (tertiary/aromatic N) is 2. The van der Waals surface area contributed by atoms with E-state index in [-0.39, 0.29) is 30.7 Å². The maximum atomic E-state index is 13.7. The summed E-state index contributed by atoms with van der Waals surface area (Å²) in [6, 6.07) is 15.0. The Morgan fingerprint density at radius 1 is 1.06 bits per heavy atom. The van der Waals surface area contributed by atoms with Crippen LogP contribution in [0.4, 0.5) is 0 Å². The standard InChI is InChI=1S/C29H39N3O3S/c1-20-8-6-9-25(21(20)2)23-11-13-24(14-12-23)29-26-18-31(16-4-5-17-32(26)27(29)19-33)36(34,35)28-10-7-15-30-22(28)3/h4-6,8-9,11-14,22,26-30,33H,7,10,15-19H2,1-3H3/b5-4-/t22?,26-,27?,28?,29?/m0/s1. The molecule has 5 rings (SSSR count). The Bertz CT molecular complexity index is 1210. The van der Waals surface area contributed by atoms with Gasteiger partial charge in [0.05, 0.1) is 11.9 Å². The van der Waals surface area contributed by atoms with Gasteiger partial charge in [0.1, 0.15) is 0 Å². The molecule has 3 aliphatic rings. The molecule has 2 N–H and O–H groups in total. The van der Waals surface area contributed by atoms with Crippen LogP contribution in [0.2, 0.25) is 0 Å². The number of sulfonamides is 1. The van der Waals surface area contributed by atoms with Crippen LogP contribution in [0.3, 0.4) is 0 Å². The first kappa shape index (κ1) is 25.6. The van der Waals surface area contributed by atoms with Crippen LogP contribution in [0, 0.1) is 13.8 Å². The van der Waals surface area contributed by atoms with Crippen molar-refractivity contribution in [2.75, 3.05) is 32.8 Å². The van der Waals surface area contributed by atoms with E-state index in [2.05, 4.69) is 72.6 Å². The molecular formula is C29H39N3O3S. The molecule has 6 nitrogen and oxygen atoms in total. The van der Waals surface area contributed by atoms with Crippen LogP contribution in [0.5, 0.6) is 0 Å². The van der Waals surface area contributed by atoms with Crippen molar-refractivity contribution in [3.05, 3.63) is 71.3 Å². The first-order valence-electron chi connectivity index (χ1n) is 13.2. The van der Waals surface area contributed by atoms with E-state index in [1.807, 2.05) is 13.0 Å². The molecule has 0 saturated carbocycles. The molecule has 3 heterocycles. The maximum Gasteiger partial charge on any atom is 0.218 e. The zero-order valence-electron chi connectivity index (χ0n) is 21.6. The minimum Gasteiger partial charge on any atom is -0.395 e. The van der Waals surface area contributed by atoms with Crippen molar-refractivity contribution in [3.63, 3.8) is 0 Å². The number of rotatable bonds is 5. The summed E-state index contributed by atoms with van der Waals surface area (Å²) in [5, 5.41) is 13.2. The molecule has 4 unspecified atom stereocenters. The third kappa shape index (κ3) is 4.56. The fraction of sp³-hybridized carbons (Fsp3) is 0.517. The number of hydrogen-bond donors (Lipinski definition) is 2. The quantitative estimate of drug-likeness (QED) is 0.604. The highest BCUT2D eigenvalue weighted by Crippen LogP contribution is 2.42. The van der Waals surface area contributed by atoms with Gasteiger partial charge in [0.25, 0.3) is 0 Å². The summed E-state index contributed by atoms with van der Waals surface area (Å²) in [5.41, 5.74) is 6.14. The highest BCUT2D eigenvalue weighted by Gasteiger charge is 2.50. The van der Waals surface area contributed by atoms with E-state index in [9.17, 15) is 13.5 Å². The molecule has 7 heteroatoms. The summed E-state index contributed by atoms with van der Waals surface area (Å²) in [4.78, 5) is 2.27. The van der Waals surface area contributed by atoms with Crippen LogP contribution < -0.4 is 5.32 Å². The van der Waals surface area contributed by atoms with Gasteiger partial charge in [0, 0.05) is 43.7 Å². The fourth-order valence-electron chi connectivity index (χ4n) is 6.41. The topological polar surface area (TPSA) is 72.9 Å². The number of nitrogens with one attached hydrogen (secondary N) is 1. The maximum absolute atomic E-state index is 13.7. The van der Waals surface area contributed by atoms with Crippen LogP contribution in [0.25, 0.3) is 11.1 Å². The molecule has 2 aromatic carbocycles. The Morgan fingerprint density at radius 3 is 2.53 bits per heavy atom. The number of piperidine rings is 1. The lowest BCUT2D eigenvalue weighted by molar-refractivity contribution is -0.0416. The number of aliphatic hydroxyl groups excluding tert-OH is 1. The lowest BCUT2D eigenvalue weighted by atomic mass is 9.74. The molecule has 0 amide bonds. The largest absolute Gasteiger partial charge is 0.395 e. The predicted molar refractivity (Wildman–Crippen MR) is 146 cm³/mol. The molecule has 0 bridgehead atoms. The van der Waals surface area contributed by atoms with Gasteiger partial charge in [-0.15, -0.1) is 0 Å². The Labute approximate surface area is 216 Å². The highest BCUT2D eigenvalue weighted by molar-refractivity contribution is 7.89. The van der Waals surface area contributed by atoms with Gasteiger partial charge in [-0.3, -0.25) is 4.90 Å². The van der Waals surface area contributed by atoms with Crippen LogP contribution in [0.15, 0.2) is 54.6 Å². The second-order valence-electron chi connectivity index (χ2n) is 10.7. The van der Waals surface area contributed by atoms with Crippen molar-refractivity contribution >= 4 is 10.0 Å². The third-order valence-corrected chi connectivity index (χ3v) is 11.1. The SMILES string of the molecule is Cc1cccc(-c2ccc(C3C(CO)N4C/C=C\CN(S(=O)(=O)C5CCCNC5C)C[C@@H]34)cc2)c1C. The molecule has 194 valence electrons. The van der Waals surface area contributed by atoms with E-state index in [0.717, 1.165) is 19.5 Å². The molecule has 2 aromatic rings. The van der Waals surface area contributed by atoms with Gasteiger partial charge in [-0.2, -0.15) is 4.31 Å². The van der Waals surface area contributed by atoms with Crippen LogP contribution in [-0.2, 0) is 10.0 Å². The van der Waals surface area contributed by atoms with Gasteiger partial charge in [0.15, 0.2) is 0 Å². The number of benzene rings is 2. The summed E-state index contributed by atoms with van der Waals surface area (Å²) < 4.78 is 29.2. The lowest BCUT2D eigenvalue weighted by Gasteiger charge is -2.56. The second kappa shape index (κ2) is 10.4. The van der Waals surface area contributed by atoms with Crippen molar-refractivity contribution in [2.24, 2.45) is 0 Å². The molecule has 0 spiro atoms. The first-order chi connectivity index (χ1) is 17.3. The van der Waals surface area contributed by atoms with Gasteiger partial charge >= 0.3 is 0 Å². The molecule has 5 atom stereocenters. The number of hydrogen-bond acceptors (Lipinski definition) is 5. The molecule has 0 aliphatic carbocycles. The van der Waals surface area contributed by atoms with Crippen molar-refractivity contribution in [1.82, 2.24) is 14.5 Å². The van der Waals surface area contributed by atoms with E-state index in [0.29, 0.717) is 19.5 Å². The van der Waals surface area contributed by atoms with Gasteiger partial charge in [-0.1, -0.05) is 54.6 Å². The monoisotopic (exact) mass is 509 g/mol. The van der Waals surface area contributed by atoms with Crippen LogP contribution in [-0.4, -0.2) is 78.9 Å². The number of aryl methyl sites for hydroxylation is 1. The summed E-state index contributed by atoms with van der Waals surface area (Å²) in [7, 11) is -3.45. The van der Waals surface area contributed by atoms with E-state index in [1.54, 1.807) is 4.31 Å². The van der Waals surface area contributed by atoms with Crippen molar-refractivity contribution < 1.29 is 13.5 Å². The van der Waals surface area contributed by atoms with E-state index < -0.39 is 15.3 Å². The van der Waals surface area contributed by atoms with Crippen molar-refractivity contribution in [2.45, 2.75) is 62.9 Å². The molecule has 36 heavy (non-hydrogen) atoms. The molecule has 3 aliphatic heterocycles. The molecule has 2 fully saturated rings.